The maximum atomic E-state index is 12.1. The van der Waals surface area contributed by atoms with Gasteiger partial charge in [-0.05, 0) is 56.2 Å². The molecular formula is C20H20ClNO5. The lowest BCUT2D eigenvalue weighted by atomic mass is 10.2. The van der Waals surface area contributed by atoms with E-state index in [0.29, 0.717) is 29.3 Å². The largest absolute Gasteiger partial charge is 0.479 e. The molecule has 0 fully saturated rings. The van der Waals surface area contributed by atoms with Crippen LogP contribution in [0.5, 0.6) is 5.75 Å². The zero-order valence-corrected chi connectivity index (χ0v) is 15.9. The van der Waals surface area contributed by atoms with E-state index in [-0.39, 0.29) is 6.61 Å². The number of fused-ring (bicyclic) bond motifs is 1. The molecule has 0 saturated carbocycles. The van der Waals surface area contributed by atoms with Crippen LogP contribution in [0.25, 0.3) is 11.1 Å². The summed E-state index contributed by atoms with van der Waals surface area (Å²) in [4.78, 5) is 24.0. The summed E-state index contributed by atoms with van der Waals surface area (Å²) in [5.74, 6) is -0.300. The highest BCUT2D eigenvalue weighted by Crippen LogP contribution is 2.23. The van der Waals surface area contributed by atoms with E-state index in [1.165, 1.54) is 4.57 Å². The quantitative estimate of drug-likeness (QED) is 0.452. The molecule has 6 nitrogen and oxygen atoms in total. The summed E-state index contributed by atoms with van der Waals surface area (Å²) in [5.41, 5.74) is 2.11. The molecule has 1 heterocycles. The third-order valence-electron chi connectivity index (χ3n) is 4.12. The average molecular weight is 390 g/mol. The van der Waals surface area contributed by atoms with Gasteiger partial charge in [0, 0.05) is 11.6 Å². The number of rotatable bonds is 7. The van der Waals surface area contributed by atoms with Gasteiger partial charge < -0.3 is 13.9 Å². The fourth-order valence-electron chi connectivity index (χ4n) is 2.72. The molecule has 0 spiro atoms. The maximum Gasteiger partial charge on any atom is 0.419 e. The standard InChI is InChI=1S/C20H20ClNO5/c1-13-12-15(21)8-9-17(13)26-14(2)19(23)25-11-5-10-22-16-6-3-4-7-18(16)27-20(22)24/h3-4,6-9,12,14H,5,10-11H2,1-2H3. The Bertz CT molecular complexity index is 1010. The smallest absolute Gasteiger partial charge is 0.419 e. The molecule has 0 saturated heterocycles. The Morgan fingerprint density at radius 2 is 2.04 bits per heavy atom. The van der Waals surface area contributed by atoms with Crippen LogP contribution in [0.3, 0.4) is 0 Å². The second-order valence-electron chi connectivity index (χ2n) is 6.18. The number of oxazole rings is 1. The van der Waals surface area contributed by atoms with Crippen LogP contribution in [-0.4, -0.2) is 23.2 Å². The molecule has 0 aliphatic heterocycles. The Morgan fingerprint density at radius 3 is 2.81 bits per heavy atom. The normalized spacial score (nSPS) is 12.1. The minimum atomic E-state index is -0.748. The summed E-state index contributed by atoms with van der Waals surface area (Å²) in [6.07, 6.45) is -0.260. The van der Waals surface area contributed by atoms with Crippen LogP contribution >= 0.6 is 11.6 Å². The molecule has 0 N–H and O–H groups in total. The predicted octanol–water partition coefficient (Wildman–Crippen LogP) is 3.96. The first-order valence-electron chi connectivity index (χ1n) is 8.63. The molecule has 0 amide bonds. The van der Waals surface area contributed by atoms with Gasteiger partial charge in [0.2, 0.25) is 0 Å². The van der Waals surface area contributed by atoms with Gasteiger partial charge in [-0.2, -0.15) is 0 Å². The SMILES string of the molecule is Cc1cc(Cl)ccc1OC(C)C(=O)OCCCn1c(=O)oc2ccccc21. The zero-order valence-electron chi connectivity index (χ0n) is 15.1. The lowest BCUT2D eigenvalue weighted by Crippen LogP contribution is -2.27. The van der Waals surface area contributed by atoms with Gasteiger partial charge in [-0.25, -0.2) is 9.59 Å². The molecule has 3 aromatic rings. The van der Waals surface area contributed by atoms with Crippen molar-refractivity contribution >= 4 is 28.7 Å². The zero-order chi connectivity index (χ0) is 19.4. The number of halogens is 1. The van der Waals surface area contributed by atoms with E-state index >= 15 is 0 Å². The molecule has 0 aliphatic rings. The van der Waals surface area contributed by atoms with Gasteiger partial charge >= 0.3 is 11.7 Å². The van der Waals surface area contributed by atoms with Gasteiger partial charge in [-0.15, -0.1) is 0 Å². The monoisotopic (exact) mass is 389 g/mol. The third-order valence-corrected chi connectivity index (χ3v) is 4.35. The molecule has 0 radical (unpaired) electrons. The second kappa shape index (κ2) is 8.31. The van der Waals surface area contributed by atoms with Crippen LogP contribution in [0.2, 0.25) is 5.02 Å². The number of hydrogen-bond acceptors (Lipinski definition) is 5. The number of benzene rings is 2. The first kappa shape index (κ1) is 19.0. The number of ether oxygens (including phenoxy) is 2. The number of para-hydroxylation sites is 2. The van der Waals surface area contributed by atoms with Crippen molar-refractivity contribution in [3.05, 3.63) is 63.6 Å². The minimum Gasteiger partial charge on any atom is -0.479 e. The molecule has 0 bridgehead atoms. The van der Waals surface area contributed by atoms with Crippen LogP contribution in [0.1, 0.15) is 18.9 Å². The number of hydrogen-bond donors (Lipinski definition) is 0. The fourth-order valence-corrected chi connectivity index (χ4v) is 2.95. The average Bonchev–Trinajstić information content (AvgIpc) is 2.96. The fraction of sp³-hybridized carbons (Fsp3) is 0.300. The first-order chi connectivity index (χ1) is 13.0. The van der Waals surface area contributed by atoms with E-state index < -0.39 is 17.8 Å². The van der Waals surface area contributed by atoms with Crippen LogP contribution < -0.4 is 10.5 Å². The lowest BCUT2D eigenvalue weighted by molar-refractivity contribution is -0.151. The summed E-state index contributed by atoms with van der Waals surface area (Å²) in [5, 5.41) is 0.608. The van der Waals surface area contributed by atoms with Crippen molar-refractivity contribution in [2.45, 2.75) is 32.9 Å². The van der Waals surface area contributed by atoms with E-state index in [4.69, 9.17) is 25.5 Å². The van der Waals surface area contributed by atoms with Crippen molar-refractivity contribution in [2.75, 3.05) is 6.61 Å². The number of esters is 1. The highest BCUT2D eigenvalue weighted by Gasteiger charge is 2.17. The minimum absolute atomic E-state index is 0.179. The Kier molecular flexibility index (Phi) is 5.86. The molecule has 7 heteroatoms. The Hall–Kier alpha value is -2.73. The van der Waals surface area contributed by atoms with Gasteiger partial charge in [-0.3, -0.25) is 4.57 Å². The Balaban J connectivity index is 1.50. The van der Waals surface area contributed by atoms with Crippen LogP contribution in [0.4, 0.5) is 0 Å². The molecule has 1 unspecified atom stereocenters. The number of aryl methyl sites for hydroxylation is 2. The van der Waals surface area contributed by atoms with E-state index in [1.54, 1.807) is 37.3 Å². The topological polar surface area (TPSA) is 70.7 Å². The number of carbonyl (C=O) groups is 1. The molecular weight excluding hydrogens is 370 g/mol. The van der Waals surface area contributed by atoms with Gasteiger partial charge in [0.15, 0.2) is 11.7 Å². The molecule has 1 atom stereocenters. The van der Waals surface area contributed by atoms with E-state index in [1.807, 2.05) is 19.1 Å². The Labute approximate surface area is 161 Å². The Morgan fingerprint density at radius 1 is 1.26 bits per heavy atom. The number of aromatic nitrogens is 1. The predicted molar refractivity (Wildman–Crippen MR) is 102 cm³/mol. The van der Waals surface area contributed by atoms with Crippen LogP contribution in [0, 0.1) is 6.92 Å². The molecule has 1 aromatic heterocycles. The highest BCUT2D eigenvalue weighted by atomic mass is 35.5. The lowest BCUT2D eigenvalue weighted by Gasteiger charge is -2.15. The molecule has 142 valence electrons. The van der Waals surface area contributed by atoms with Crippen molar-refractivity contribution in [3.8, 4) is 5.75 Å². The second-order valence-corrected chi connectivity index (χ2v) is 6.61. The molecule has 2 aromatic carbocycles. The van der Waals surface area contributed by atoms with Crippen molar-refractivity contribution in [3.63, 3.8) is 0 Å². The molecule has 27 heavy (non-hydrogen) atoms. The van der Waals surface area contributed by atoms with Gasteiger partial charge in [0.05, 0.1) is 12.1 Å². The first-order valence-corrected chi connectivity index (χ1v) is 9.01. The van der Waals surface area contributed by atoms with Gasteiger partial charge in [-0.1, -0.05) is 23.7 Å². The van der Waals surface area contributed by atoms with Gasteiger partial charge in [0.1, 0.15) is 5.75 Å². The van der Waals surface area contributed by atoms with Crippen LogP contribution in [0.15, 0.2) is 51.7 Å². The summed E-state index contributed by atoms with van der Waals surface area (Å²) < 4.78 is 17.6. The molecule has 3 rings (SSSR count). The van der Waals surface area contributed by atoms with Crippen LogP contribution in [-0.2, 0) is 16.1 Å². The highest BCUT2D eigenvalue weighted by molar-refractivity contribution is 6.30. The maximum absolute atomic E-state index is 12.1. The van der Waals surface area contributed by atoms with E-state index in [9.17, 15) is 9.59 Å². The summed E-state index contributed by atoms with van der Waals surface area (Å²) in [6, 6.07) is 12.4. The number of nitrogens with zero attached hydrogens (tertiary/aromatic N) is 1. The third kappa shape index (κ3) is 4.52. The summed E-state index contributed by atoms with van der Waals surface area (Å²) in [6.45, 7) is 4.06. The number of carbonyl (C=O) groups excluding carboxylic acids is 1. The summed E-state index contributed by atoms with van der Waals surface area (Å²) in [7, 11) is 0. The van der Waals surface area contributed by atoms with Crippen molar-refractivity contribution in [2.24, 2.45) is 0 Å². The van der Waals surface area contributed by atoms with Crippen molar-refractivity contribution in [1.82, 2.24) is 4.57 Å². The molecule has 0 aliphatic carbocycles. The van der Waals surface area contributed by atoms with E-state index in [0.717, 1.165) is 11.1 Å². The summed E-state index contributed by atoms with van der Waals surface area (Å²) >= 11 is 5.91. The van der Waals surface area contributed by atoms with Crippen molar-refractivity contribution in [1.29, 1.82) is 0 Å². The van der Waals surface area contributed by atoms with E-state index in [2.05, 4.69) is 0 Å². The van der Waals surface area contributed by atoms with Gasteiger partial charge in [0.25, 0.3) is 0 Å². The van der Waals surface area contributed by atoms with Crippen molar-refractivity contribution < 1.29 is 18.7 Å².